The Morgan fingerprint density at radius 1 is 0.554 bits per heavy atom. The number of aromatic nitrogens is 6. The molecule has 0 aliphatic heterocycles. The number of anilines is 1. The van der Waals surface area contributed by atoms with Gasteiger partial charge in [0.15, 0.2) is 5.78 Å². The fraction of sp³-hybridized carbons (Fsp3) is 0.294. The number of esters is 1. The molecule has 9 N–H and O–H groups in total. The molecule has 0 spiro atoms. The molecule has 0 atom stereocenters. The molecular weight excluding hydrogens is 1640 g/mol. The van der Waals surface area contributed by atoms with Crippen molar-refractivity contribution in [1.29, 1.82) is 0 Å². The number of amides is 3. The van der Waals surface area contributed by atoms with E-state index in [1.807, 2.05) is 0 Å². The summed E-state index contributed by atoms with van der Waals surface area (Å²) in [5.41, 5.74) is 16.4. The maximum Gasteiger partial charge on any atom is 0.400 e. The Morgan fingerprint density at radius 2 is 0.926 bits per heavy atom. The third-order valence-corrected chi connectivity index (χ3v) is 21.3. The number of carbonyl (C=O) groups excluding carboxylic acids is 5. The van der Waals surface area contributed by atoms with Crippen LogP contribution in [-0.4, -0.2) is 136 Å². The van der Waals surface area contributed by atoms with Crippen molar-refractivity contribution < 1.29 is 100 Å². The SMILES string of the molecule is CNC(=O)c1c(-c2ccc(F)cc2)oc2nc(CCC(F)(F)F)c(-c3cnc(C)c(C(=O)O)c3)cc12.CNC(=O)c1c(-c2ccc(F)cc2)oc2nc(Cl)c(-c3cnc(C)c(C(=O)OC)c3)cc12.CNC(=O)c1c(-c2ccc(F)cc2)oc2nc(NCC(F)F)c(-c3cnc(C)c(C(=O)CC45CC(C4)C5)c3)cc12.Cl.NC12CC(C1)C2.NCC(F)(F)F. The van der Waals surface area contributed by atoms with Crippen LogP contribution in [0.2, 0.25) is 5.15 Å². The molecule has 12 aromatic rings. The maximum absolute atomic E-state index is 13.6. The summed E-state index contributed by atoms with van der Waals surface area (Å²) in [6.07, 6.45) is -0.848. The number of carboxylic acids is 1. The van der Waals surface area contributed by atoms with E-state index in [2.05, 4.69) is 56.9 Å². The minimum atomic E-state index is -4.47. The Balaban J connectivity index is 0.000000165. The number of hydrogen-bond acceptors (Lipinski definition) is 19. The average Bonchev–Trinajstić information content (AvgIpc) is 1.62. The predicted octanol–water partition coefficient (Wildman–Crippen LogP) is 18.2. The fourth-order valence-corrected chi connectivity index (χ4v) is 14.9. The molecule has 3 amide bonds. The second-order valence-electron chi connectivity index (χ2n) is 29.4. The predicted molar refractivity (Wildman–Crippen MR) is 430 cm³/mol. The largest absolute Gasteiger partial charge is 0.478 e. The first-order valence-corrected chi connectivity index (χ1v) is 37.6. The number of aryl methyl sites for hydroxylation is 4. The molecule has 6 aliphatic rings. The van der Waals surface area contributed by atoms with Gasteiger partial charge in [-0.25, -0.2) is 41.5 Å². The van der Waals surface area contributed by atoms with Crippen molar-refractivity contribution >= 4 is 98.6 Å². The maximum atomic E-state index is 13.6. The Morgan fingerprint density at radius 3 is 1.31 bits per heavy atom. The number of rotatable bonds is 19. The molecule has 0 radical (unpaired) electrons. The third kappa shape index (κ3) is 19.9. The van der Waals surface area contributed by atoms with Crippen molar-refractivity contribution in [1.82, 2.24) is 45.9 Å². The van der Waals surface area contributed by atoms with E-state index >= 15 is 0 Å². The molecule has 0 unspecified atom stereocenters. The van der Waals surface area contributed by atoms with Gasteiger partial charge >= 0.3 is 24.3 Å². The number of carbonyl (C=O) groups is 6. The lowest BCUT2D eigenvalue weighted by Crippen LogP contribution is -2.64. The lowest BCUT2D eigenvalue weighted by Gasteiger charge is -2.62. The van der Waals surface area contributed by atoms with Gasteiger partial charge in [0.25, 0.3) is 24.1 Å². The Kier molecular flexibility index (Phi) is 26.9. The second kappa shape index (κ2) is 36.4. The van der Waals surface area contributed by atoms with Gasteiger partial charge in [0.2, 0.25) is 17.1 Å². The van der Waals surface area contributed by atoms with Crippen molar-refractivity contribution in [2.24, 2.45) is 28.7 Å². The third-order valence-electron chi connectivity index (χ3n) is 21.0. The van der Waals surface area contributed by atoms with Crippen LogP contribution in [0.15, 0.2) is 141 Å². The number of methoxy groups -OCH3 is 1. The van der Waals surface area contributed by atoms with E-state index < -0.39 is 91.8 Å². The minimum absolute atomic E-state index is 0. The highest BCUT2D eigenvalue weighted by Gasteiger charge is 2.57. The number of carboxylic acid groups (broad SMARTS) is 1. The molecule has 36 heteroatoms. The van der Waals surface area contributed by atoms with Gasteiger partial charge in [-0.1, -0.05) is 11.6 Å². The molecule has 4 bridgehead atoms. The van der Waals surface area contributed by atoms with E-state index in [4.69, 9.17) is 35.3 Å². The number of fused-ring (bicyclic) bond motifs is 3. The van der Waals surface area contributed by atoms with Crippen molar-refractivity contribution in [3.8, 4) is 67.4 Å². The first-order chi connectivity index (χ1) is 56.8. The molecule has 3 aromatic carbocycles. The quantitative estimate of drug-likeness (QED) is 0.0171. The zero-order valence-corrected chi connectivity index (χ0v) is 67.0. The van der Waals surface area contributed by atoms with Gasteiger partial charge in [0.1, 0.15) is 45.7 Å². The monoisotopic (exact) mass is 1720 g/mol. The van der Waals surface area contributed by atoms with Gasteiger partial charge in [0, 0.05) is 119 Å². The molecular formula is C85H77Cl2F11N12O11. The van der Waals surface area contributed by atoms with E-state index in [0.717, 1.165) is 31.1 Å². The number of halogens is 13. The van der Waals surface area contributed by atoms with Crippen LogP contribution in [0.4, 0.5) is 54.1 Å². The number of alkyl halides is 8. The average molecular weight is 1720 g/mol. The minimum Gasteiger partial charge on any atom is -0.478 e. The van der Waals surface area contributed by atoms with Crippen LogP contribution >= 0.6 is 24.0 Å². The lowest BCUT2D eigenvalue weighted by molar-refractivity contribution is -0.134. The fourth-order valence-electron chi connectivity index (χ4n) is 14.7. The molecule has 6 saturated carbocycles. The van der Waals surface area contributed by atoms with E-state index in [1.54, 1.807) is 50.5 Å². The molecule has 18 rings (SSSR count). The van der Waals surface area contributed by atoms with Crippen LogP contribution in [-0.2, 0) is 11.2 Å². The topological polar surface area (TPSA) is 349 Å². The molecule has 634 valence electrons. The van der Waals surface area contributed by atoms with Crippen LogP contribution in [0.25, 0.3) is 101 Å². The molecule has 9 aromatic heterocycles. The zero-order valence-electron chi connectivity index (χ0n) is 65.4. The molecule has 6 fully saturated rings. The Bertz CT molecular complexity index is 5920. The summed E-state index contributed by atoms with van der Waals surface area (Å²) in [4.78, 5) is 101. The Labute approximate surface area is 693 Å². The van der Waals surface area contributed by atoms with Gasteiger partial charge in [-0.2, -0.15) is 31.3 Å². The molecule has 9 heterocycles. The Hall–Kier alpha value is -12.3. The number of nitrogens with one attached hydrogen (secondary N) is 4. The van der Waals surface area contributed by atoms with Crippen LogP contribution in [0.1, 0.15) is 136 Å². The van der Waals surface area contributed by atoms with E-state index in [1.165, 1.54) is 146 Å². The van der Waals surface area contributed by atoms with Crippen molar-refractivity contribution in [2.75, 3.05) is 46.7 Å². The number of nitrogens with zero attached hydrogens (tertiary/aromatic N) is 6. The number of furan rings is 3. The standard InChI is InChI=1S/C30H27F3N4O3.C25H19F4N3O4.C23H17ClFN3O4.C5H9N.C2H4F3N.ClH/c1-15-20(23(38)12-30-9-16(10-30)11-30)7-18(13-35-15)21-8-22-25(28(39)34-2)26(17-3-5-19(31)6-4-17)40-29(22)37-27(21)36-14-24(32)33;1-12-16(24(34)35)9-14(11-31-12)17-10-18-20(22(33)30-2)21(13-3-5-15(26)6-4-13)36-23(18)32-19(17)7-8-25(27,28)29;1-11-15(23(30)31-3)8-13(10-27-11)16-9-17-18(21(29)26-2)19(32-22(17)28-20(16)24)12-4-6-14(25)7-5-12;6-5-1-4(2-5)3-5;3-2(4,5)1-6;/h3-8,13,16,24H,9-12,14H2,1-2H3,(H,34,39)(H,36,37);3-6,9-11H,7-8H2,1-2H3,(H,30,33)(H,34,35);4-10H,1-3H3,(H,26,29);4H,1-3,6H2;1,6H2;1H. The first kappa shape index (κ1) is 89.5. The van der Waals surface area contributed by atoms with Gasteiger partial charge in [0.05, 0.1) is 81.3 Å². The number of nitrogens with two attached hydrogens (primary N) is 2. The van der Waals surface area contributed by atoms with Gasteiger partial charge in [-0.05, 0) is 192 Å². The zero-order chi connectivity index (χ0) is 86.8. The van der Waals surface area contributed by atoms with Crippen LogP contribution in [0.5, 0.6) is 0 Å². The van der Waals surface area contributed by atoms with Crippen LogP contribution in [0, 0.1) is 55.5 Å². The summed E-state index contributed by atoms with van der Waals surface area (Å²) in [6, 6.07) is 25.5. The van der Waals surface area contributed by atoms with Gasteiger partial charge in [-0.15, -0.1) is 12.4 Å². The summed E-state index contributed by atoms with van der Waals surface area (Å²) in [5.74, 6) is -2.22. The summed E-state index contributed by atoms with van der Waals surface area (Å²) in [6.45, 7) is 3.05. The highest BCUT2D eigenvalue weighted by Crippen LogP contribution is 2.66. The number of hydrogen-bond donors (Lipinski definition) is 7. The normalized spacial score (nSPS) is 16.4. The smallest absolute Gasteiger partial charge is 0.400 e. The van der Waals surface area contributed by atoms with E-state index in [-0.39, 0.29) is 125 Å². The summed E-state index contributed by atoms with van der Waals surface area (Å²) >= 11 is 6.42. The number of benzene rings is 3. The van der Waals surface area contributed by atoms with E-state index in [0.29, 0.717) is 78.6 Å². The van der Waals surface area contributed by atoms with Gasteiger partial charge in [-0.3, -0.25) is 34.1 Å². The molecule has 23 nitrogen and oxygen atoms in total. The number of aromatic carboxylic acids is 1. The second-order valence-corrected chi connectivity index (χ2v) is 29.8. The summed E-state index contributed by atoms with van der Waals surface area (Å²) in [5, 5.41) is 20.8. The van der Waals surface area contributed by atoms with Crippen molar-refractivity contribution in [3.63, 3.8) is 0 Å². The number of Topliss-reactive ketones (excluding diaryl/α,β-unsaturated/α-hetero) is 1. The van der Waals surface area contributed by atoms with E-state index in [9.17, 15) is 82.2 Å². The number of ether oxygens (including phenoxy) is 1. The van der Waals surface area contributed by atoms with Crippen molar-refractivity contribution in [2.45, 2.75) is 103 Å². The number of ketones is 1. The molecule has 0 saturated heterocycles. The van der Waals surface area contributed by atoms with Crippen LogP contribution < -0.4 is 32.7 Å². The summed E-state index contributed by atoms with van der Waals surface area (Å²) < 4.78 is 160. The lowest BCUT2D eigenvalue weighted by atomic mass is 9.43. The highest BCUT2D eigenvalue weighted by atomic mass is 35.5. The first-order valence-electron chi connectivity index (χ1n) is 37.2. The van der Waals surface area contributed by atoms with Crippen LogP contribution in [0.3, 0.4) is 0 Å². The summed E-state index contributed by atoms with van der Waals surface area (Å²) in [7, 11) is 5.64. The molecule has 121 heavy (non-hydrogen) atoms. The number of pyridine rings is 6. The highest BCUT2D eigenvalue weighted by molar-refractivity contribution is 6.33. The van der Waals surface area contributed by atoms with Gasteiger partial charge < -0.3 is 55.8 Å². The van der Waals surface area contributed by atoms with Crippen molar-refractivity contribution in [3.05, 3.63) is 207 Å². The molecule has 6 aliphatic carbocycles.